The molecular weight excluding hydrogens is 364 g/mol. The van der Waals surface area contributed by atoms with Gasteiger partial charge in [0.25, 0.3) is 0 Å². The molecule has 1 heterocycles. The molecule has 0 saturated carbocycles. The van der Waals surface area contributed by atoms with Gasteiger partial charge in [0, 0.05) is 5.56 Å². The molecule has 2 aromatic rings. The number of ether oxygens (including phenoxy) is 2. The van der Waals surface area contributed by atoms with Crippen LogP contribution in [-0.4, -0.2) is 12.6 Å². The lowest BCUT2D eigenvalue weighted by atomic mass is 9.81. The predicted octanol–water partition coefficient (Wildman–Crippen LogP) is 4.59. The first kappa shape index (κ1) is 20.2. The summed E-state index contributed by atoms with van der Waals surface area (Å²) in [4.78, 5) is 13.0. The second-order valence-electron chi connectivity index (χ2n) is 7.08. The Kier molecular flexibility index (Phi) is 6.04. The van der Waals surface area contributed by atoms with Crippen LogP contribution in [0.2, 0.25) is 0 Å². The molecule has 148 valence electrons. The molecule has 5 nitrogen and oxygen atoms in total. The largest absolute Gasteiger partial charge is 0.463 e. The molecule has 0 fully saturated rings. The summed E-state index contributed by atoms with van der Waals surface area (Å²) in [5.41, 5.74) is 9.23. The van der Waals surface area contributed by atoms with Gasteiger partial charge in [0.05, 0.1) is 18.1 Å². The maximum atomic E-state index is 13.0. The fraction of sp³-hybridized carbons (Fsp3) is 0.250. The number of nitrogens with two attached hydrogens (primary N) is 1. The Morgan fingerprint density at radius 2 is 1.83 bits per heavy atom. The fourth-order valence-corrected chi connectivity index (χ4v) is 3.39. The van der Waals surface area contributed by atoms with Crippen molar-refractivity contribution in [2.75, 3.05) is 6.61 Å². The number of nitrogens with zero attached hydrogens (tertiary/aromatic N) is 1. The minimum atomic E-state index is -0.663. The minimum Gasteiger partial charge on any atom is -0.463 e. The number of carbonyl (C=O) groups is 1. The van der Waals surface area contributed by atoms with Crippen LogP contribution in [0, 0.1) is 11.3 Å². The van der Waals surface area contributed by atoms with Crippen LogP contribution < -0.4 is 5.73 Å². The molecule has 2 N–H and O–H groups in total. The van der Waals surface area contributed by atoms with E-state index < -0.39 is 11.9 Å². The van der Waals surface area contributed by atoms with Crippen LogP contribution in [0.4, 0.5) is 0 Å². The molecule has 0 amide bonds. The molecule has 5 heteroatoms. The number of nitriles is 1. The maximum absolute atomic E-state index is 13.0. The molecule has 3 rings (SSSR count). The smallest absolute Gasteiger partial charge is 0.338 e. The molecule has 0 saturated heterocycles. The first-order valence-electron chi connectivity index (χ1n) is 9.62. The average Bonchev–Trinajstić information content (AvgIpc) is 2.73. The van der Waals surface area contributed by atoms with Gasteiger partial charge in [-0.15, -0.1) is 0 Å². The van der Waals surface area contributed by atoms with E-state index in [4.69, 9.17) is 15.2 Å². The number of esters is 1. The molecule has 1 atom stereocenters. The van der Waals surface area contributed by atoms with Gasteiger partial charge in [-0.05, 0) is 24.0 Å². The minimum absolute atomic E-state index is 0.00247. The molecule has 29 heavy (non-hydrogen) atoms. The van der Waals surface area contributed by atoms with Crippen molar-refractivity contribution in [1.82, 2.24) is 0 Å². The third-order valence-electron chi connectivity index (χ3n) is 4.89. The Bertz CT molecular complexity index is 997. The standard InChI is InChI=1S/C24H24N2O3/c1-4-28-24(27)21-20(17-12-10-16(11-13-17)15(2)3)19(14-25)23(26)29-22(21)18-8-6-5-7-9-18/h5-13,15,20H,4,26H2,1-3H3. The van der Waals surface area contributed by atoms with E-state index in [1.54, 1.807) is 6.92 Å². The number of allylic oxidation sites excluding steroid dienone is 1. The maximum Gasteiger partial charge on any atom is 0.338 e. The second kappa shape index (κ2) is 8.66. The summed E-state index contributed by atoms with van der Waals surface area (Å²) >= 11 is 0. The van der Waals surface area contributed by atoms with Crippen molar-refractivity contribution >= 4 is 11.7 Å². The molecule has 0 aliphatic carbocycles. The van der Waals surface area contributed by atoms with Crippen LogP contribution in [0.25, 0.3) is 5.76 Å². The highest BCUT2D eigenvalue weighted by Gasteiger charge is 2.38. The van der Waals surface area contributed by atoms with Gasteiger partial charge in [-0.3, -0.25) is 0 Å². The summed E-state index contributed by atoms with van der Waals surface area (Å²) in [6, 6.07) is 19.2. The van der Waals surface area contributed by atoms with Crippen molar-refractivity contribution in [3.05, 3.63) is 88.3 Å². The zero-order valence-electron chi connectivity index (χ0n) is 16.8. The monoisotopic (exact) mass is 388 g/mol. The van der Waals surface area contributed by atoms with Gasteiger partial charge in [-0.25, -0.2) is 4.79 Å². The fourth-order valence-electron chi connectivity index (χ4n) is 3.39. The van der Waals surface area contributed by atoms with Crippen LogP contribution in [0.15, 0.2) is 71.6 Å². The number of hydrogen-bond donors (Lipinski definition) is 1. The molecule has 1 aliphatic heterocycles. The molecule has 1 aliphatic rings. The normalized spacial score (nSPS) is 16.4. The topological polar surface area (TPSA) is 85.3 Å². The van der Waals surface area contributed by atoms with Gasteiger partial charge in [0.2, 0.25) is 5.88 Å². The lowest BCUT2D eigenvalue weighted by Crippen LogP contribution is -2.25. The molecule has 0 aromatic heterocycles. The van der Waals surface area contributed by atoms with Crippen molar-refractivity contribution in [1.29, 1.82) is 5.26 Å². The first-order valence-corrected chi connectivity index (χ1v) is 9.62. The summed E-state index contributed by atoms with van der Waals surface area (Å²) in [6.45, 7) is 6.18. The SMILES string of the molecule is CCOC(=O)C1=C(c2ccccc2)OC(N)=C(C#N)C1c1ccc(C(C)C)cc1. The highest BCUT2D eigenvalue weighted by atomic mass is 16.5. The number of rotatable bonds is 5. The van der Waals surface area contributed by atoms with Crippen LogP contribution in [-0.2, 0) is 14.3 Å². The predicted molar refractivity (Wildman–Crippen MR) is 111 cm³/mol. The van der Waals surface area contributed by atoms with E-state index in [0.29, 0.717) is 17.2 Å². The molecule has 0 bridgehead atoms. The second-order valence-corrected chi connectivity index (χ2v) is 7.08. The highest BCUT2D eigenvalue weighted by molar-refractivity contribution is 5.99. The van der Waals surface area contributed by atoms with E-state index in [2.05, 4.69) is 19.9 Å². The third-order valence-corrected chi connectivity index (χ3v) is 4.89. The van der Waals surface area contributed by atoms with E-state index >= 15 is 0 Å². The Labute approximate surface area is 171 Å². The highest BCUT2D eigenvalue weighted by Crippen LogP contribution is 2.43. The third kappa shape index (κ3) is 4.02. The Morgan fingerprint density at radius 3 is 2.38 bits per heavy atom. The van der Waals surface area contributed by atoms with Gasteiger partial charge in [-0.2, -0.15) is 5.26 Å². The lowest BCUT2D eigenvalue weighted by Gasteiger charge is -2.28. The van der Waals surface area contributed by atoms with E-state index in [1.807, 2.05) is 54.6 Å². The zero-order valence-corrected chi connectivity index (χ0v) is 16.8. The summed E-state index contributed by atoms with van der Waals surface area (Å²) in [7, 11) is 0. The number of carbonyl (C=O) groups excluding carboxylic acids is 1. The van der Waals surface area contributed by atoms with Crippen LogP contribution >= 0.6 is 0 Å². The summed E-state index contributed by atoms with van der Waals surface area (Å²) in [5, 5.41) is 9.78. The van der Waals surface area contributed by atoms with Crippen LogP contribution in [0.5, 0.6) is 0 Å². The van der Waals surface area contributed by atoms with Crippen molar-refractivity contribution in [3.8, 4) is 6.07 Å². The van der Waals surface area contributed by atoms with Gasteiger partial charge in [-0.1, -0.05) is 68.4 Å². The zero-order chi connectivity index (χ0) is 21.0. The van der Waals surface area contributed by atoms with Crippen molar-refractivity contribution < 1.29 is 14.3 Å². The molecule has 0 spiro atoms. The Balaban J connectivity index is 2.23. The Morgan fingerprint density at radius 1 is 1.17 bits per heavy atom. The van der Waals surface area contributed by atoms with E-state index in [9.17, 15) is 10.1 Å². The van der Waals surface area contributed by atoms with Crippen LogP contribution in [0.3, 0.4) is 0 Å². The molecule has 0 radical (unpaired) electrons. The first-order chi connectivity index (χ1) is 14.0. The summed E-state index contributed by atoms with van der Waals surface area (Å²) in [6.07, 6.45) is 0. The molecular formula is C24H24N2O3. The van der Waals surface area contributed by atoms with E-state index in [1.165, 1.54) is 5.56 Å². The molecule has 2 aromatic carbocycles. The van der Waals surface area contributed by atoms with Gasteiger partial charge in [0.15, 0.2) is 0 Å². The van der Waals surface area contributed by atoms with Crippen molar-refractivity contribution in [2.24, 2.45) is 5.73 Å². The van der Waals surface area contributed by atoms with Crippen molar-refractivity contribution in [3.63, 3.8) is 0 Å². The quantitative estimate of drug-likeness (QED) is 0.757. The van der Waals surface area contributed by atoms with Gasteiger partial charge < -0.3 is 15.2 Å². The van der Waals surface area contributed by atoms with E-state index in [-0.39, 0.29) is 23.6 Å². The number of hydrogen-bond acceptors (Lipinski definition) is 5. The van der Waals surface area contributed by atoms with Gasteiger partial charge in [0.1, 0.15) is 17.4 Å². The van der Waals surface area contributed by atoms with Crippen LogP contribution in [0.1, 0.15) is 49.3 Å². The average molecular weight is 388 g/mol. The lowest BCUT2D eigenvalue weighted by molar-refractivity contribution is -0.138. The summed E-state index contributed by atoms with van der Waals surface area (Å²) in [5.74, 6) is -0.501. The Hall–Kier alpha value is -3.52. The number of benzene rings is 2. The van der Waals surface area contributed by atoms with E-state index in [0.717, 1.165) is 5.56 Å². The van der Waals surface area contributed by atoms with Crippen molar-refractivity contribution in [2.45, 2.75) is 32.6 Å². The molecule has 1 unspecified atom stereocenters. The summed E-state index contributed by atoms with van der Waals surface area (Å²) < 4.78 is 11.1. The van der Waals surface area contributed by atoms with Gasteiger partial charge >= 0.3 is 5.97 Å².